The number of carbonyl (C=O) groups is 1. The molecule has 0 aliphatic heterocycles. The van der Waals surface area contributed by atoms with E-state index >= 15 is 0 Å². The smallest absolute Gasteiger partial charge is 0.229 e. The van der Waals surface area contributed by atoms with Crippen molar-refractivity contribution >= 4 is 5.91 Å². The number of nitrogens with zero attached hydrogens (tertiary/aromatic N) is 2. The number of aryl methyl sites for hydroxylation is 1. The van der Waals surface area contributed by atoms with E-state index in [1.807, 2.05) is 35.3 Å². The number of methoxy groups -OCH3 is 1. The monoisotopic (exact) mass is 327 g/mol. The van der Waals surface area contributed by atoms with E-state index in [4.69, 9.17) is 4.74 Å². The highest BCUT2D eigenvalue weighted by Crippen LogP contribution is 2.41. The fourth-order valence-electron chi connectivity index (χ4n) is 3.33. The highest BCUT2D eigenvalue weighted by Gasteiger charge is 2.44. The Balaban J connectivity index is 1.70. The molecular formula is C19H25N3O2. The summed E-state index contributed by atoms with van der Waals surface area (Å²) in [5, 5.41) is 3.27. The van der Waals surface area contributed by atoms with Crippen LogP contribution in [-0.4, -0.2) is 29.2 Å². The Labute approximate surface area is 143 Å². The molecule has 2 aromatic rings. The molecule has 1 amide bonds. The Hall–Kier alpha value is -2.14. The molecule has 1 saturated carbocycles. The summed E-state index contributed by atoms with van der Waals surface area (Å²) in [6.07, 6.45) is 9.28. The van der Waals surface area contributed by atoms with Crippen molar-refractivity contribution in [3.05, 3.63) is 54.6 Å². The first kappa shape index (κ1) is 16.7. The van der Waals surface area contributed by atoms with E-state index in [9.17, 15) is 4.79 Å². The predicted octanol–water partition coefficient (Wildman–Crippen LogP) is 2.95. The minimum absolute atomic E-state index is 0.00423. The van der Waals surface area contributed by atoms with Gasteiger partial charge in [0.2, 0.25) is 5.91 Å². The first-order valence-electron chi connectivity index (χ1n) is 8.54. The molecule has 0 unspecified atom stereocenters. The lowest BCUT2D eigenvalue weighted by Gasteiger charge is -2.40. The highest BCUT2D eigenvalue weighted by atomic mass is 16.5. The zero-order chi connectivity index (χ0) is 16.8. The van der Waals surface area contributed by atoms with E-state index in [2.05, 4.69) is 22.4 Å². The van der Waals surface area contributed by atoms with Crippen molar-refractivity contribution in [3.63, 3.8) is 0 Å². The standard InChI is InChI=1S/C19H25N3O2/c1-24-14-19(9-5-10-19)18(23)21-17(16-6-3-2-4-7-16)8-12-22-13-11-20-15-22/h2-4,6-7,11,13,15,17H,5,8-10,12,14H2,1H3,(H,21,23)/t17-/m1/s1. The Kier molecular flexibility index (Phi) is 5.30. The Bertz CT molecular complexity index is 636. The lowest BCUT2D eigenvalue weighted by molar-refractivity contribution is -0.141. The number of rotatable bonds is 8. The zero-order valence-corrected chi connectivity index (χ0v) is 14.1. The number of hydrogen-bond donors (Lipinski definition) is 1. The maximum atomic E-state index is 12.9. The van der Waals surface area contributed by atoms with Gasteiger partial charge in [-0.15, -0.1) is 0 Å². The molecule has 1 heterocycles. The van der Waals surface area contributed by atoms with Crippen LogP contribution in [0.5, 0.6) is 0 Å². The maximum absolute atomic E-state index is 12.9. The quantitative estimate of drug-likeness (QED) is 0.811. The molecule has 0 spiro atoms. The number of benzene rings is 1. The summed E-state index contributed by atoms with van der Waals surface area (Å²) in [4.78, 5) is 17.0. The Morgan fingerprint density at radius 3 is 2.75 bits per heavy atom. The van der Waals surface area contributed by atoms with E-state index in [1.165, 1.54) is 0 Å². The van der Waals surface area contributed by atoms with Gasteiger partial charge in [0.25, 0.3) is 0 Å². The zero-order valence-electron chi connectivity index (χ0n) is 14.1. The molecule has 0 bridgehead atoms. The molecule has 0 saturated heterocycles. The molecule has 1 fully saturated rings. The molecule has 24 heavy (non-hydrogen) atoms. The Morgan fingerprint density at radius 2 is 2.17 bits per heavy atom. The van der Waals surface area contributed by atoms with Crippen LogP contribution in [0.2, 0.25) is 0 Å². The van der Waals surface area contributed by atoms with Gasteiger partial charge in [0, 0.05) is 26.0 Å². The van der Waals surface area contributed by atoms with Crippen molar-refractivity contribution in [2.24, 2.45) is 5.41 Å². The topological polar surface area (TPSA) is 56.1 Å². The molecule has 1 N–H and O–H groups in total. The average molecular weight is 327 g/mol. The molecule has 1 aromatic carbocycles. The number of ether oxygens (including phenoxy) is 1. The summed E-state index contributed by atoms with van der Waals surface area (Å²) in [5.41, 5.74) is 0.800. The fraction of sp³-hybridized carbons (Fsp3) is 0.474. The van der Waals surface area contributed by atoms with Gasteiger partial charge < -0.3 is 14.6 Å². The summed E-state index contributed by atoms with van der Waals surface area (Å²) in [7, 11) is 1.67. The van der Waals surface area contributed by atoms with Gasteiger partial charge in [-0.25, -0.2) is 4.98 Å². The van der Waals surface area contributed by atoms with Crippen molar-refractivity contribution in [1.29, 1.82) is 0 Å². The van der Waals surface area contributed by atoms with Crippen molar-refractivity contribution in [3.8, 4) is 0 Å². The average Bonchev–Trinajstić information content (AvgIpc) is 3.09. The summed E-state index contributed by atoms with van der Waals surface area (Å²) in [6, 6.07) is 10.2. The van der Waals surface area contributed by atoms with Gasteiger partial charge in [-0.1, -0.05) is 36.8 Å². The second-order valence-corrected chi connectivity index (χ2v) is 6.59. The molecule has 5 nitrogen and oxygen atoms in total. The number of aromatic nitrogens is 2. The molecule has 1 aliphatic carbocycles. The van der Waals surface area contributed by atoms with E-state index in [-0.39, 0.29) is 17.4 Å². The largest absolute Gasteiger partial charge is 0.384 e. The molecule has 1 aliphatic rings. The number of nitrogens with one attached hydrogen (secondary N) is 1. The van der Waals surface area contributed by atoms with E-state index in [0.717, 1.165) is 37.8 Å². The van der Waals surface area contributed by atoms with Gasteiger partial charge in [0.05, 0.1) is 24.4 Å². The minimum atomic E-state index is -0.337. The van der Waals surface area contributed by atoms with Gasteiger partial charge in [-0.05, 0) is 24.8 Å². The van der Waals surface area contributed by atoms with Crippen LogP contribution in [0.4, 0.5) is 0 Å². The van der Waals surface area contributed by atoms with E-state index in [0.29, 0.717) is 6.61 Å². The Morgan fingerprint density at radius 1 is 1.38 bits per heavy atom. The normalized spacial score (nSPS) is 17.0. The van der Waals surface area contributed by atoms with Gasteiger partial charge in [-0.2, -0.15) is 0 Å². The number of carbonyl (C=O) groups excluding carboxylic acids is 1. The van der Waals surface area contributed by atoms with Crippen molar-refractivity contribution in [2.45, 2.75) is 38.3 Å². The maximum Gasteiger partial charge on any atom is 0.229 e. The summed E-state index contributed by atoms with van der Waals surface area (Å²) in [5.74, 6) is 0.120. The van der Waals surface area contributed by atoms with Crippen molar-refractivity contribution in [1.82, 2.24) is 14.9 Å². The number of amides is 1. The molecule has 0 radical (unpaired) electrons. The molecule has 1 atom stereocenters. The van der Waals surface area contributed by atoms with Gasteiger partial charge in [0.15, 0.2) is 0 Å². The van der Waals surface area contributed by atoms with Crippen molar-refractivity contribution in [2.75, 3.05) is 13.7 Å². The molecule has 3 rings (SSSR count). The SMILES string of the molecule is COCC1(C(=O)N[C@H](CCn2ccnc2)c2ccccc2)CCC1. The van der Waals surface area contributed by atoms with Gasteiger partial charge >= 0.3 is 0 Å². The van der Waals surface area contributed by atoms with Crippen LogP contribution in [0.15, 0.2) is 49.1 Å². The molecular weight excluding hydrogens is 302 g/mol. The van der Waals surface area contributed by atoms with E-state index in [1.54, 1.807) is 13.3 Å². The van der Waals surface area contributed by atoms with Crippen LogP contribution in [0.3, 0.4) is 0 Å². The summed E-state index contributed by atoms with van der Waals surface area (Å²) in [6.45, 7) is 1.32. The molecule has 128 valence electrons. The lowest BCUT2D eigenvalue weighted by atomic mass is 9.68. The highest BCUT2D eigenvalue weighted by molar-refractivity contribution is 5.84. The number of imidazole rings is 1. The van der Waals surface area contributed by atoms with Crippen LogP contribution in [-0.2, 0) is 16.1 Å². The van der Waals surface area contributed by atoms with Crippen molar-refractivity contribution < 1.29 is 9.53 Å². The number of hydrogen-bond acceptors (Lipinski definition) is 3. The molecule has 1 aromatic heterocycles. The van der Waals surface area contributed by atoms with Crippen LogP contribution in [0.1, 0.15) is 37.3 Å². The second kappa shape index (κ2) is 7.62. The van der Waals surface area contributed by atoms with Crippen LogP contribution in [0.25, 0.3) is 0 Å². The summed E-state index contributed by atoms with van der Waals surface area (Å²) >= 11 is 0. The van der Waals surface area contributed by atoms with Crippen LogP contribution in [0, 0.1) is 5.41 Å². The van der Waals surface area contributed by atoms with Crippen LogP contribution >= 0.6 is 0 Å². The summed E-state index contributed by atoms with van der Waals surface area (Å²) < 4.78 is 7.34. The predicted molar refractivity (Wildman–Crippen MR) is 92.3 cm³/mol. The fourth-order valence-corrected chi connectivity index (χ4v) is 3.33. The van der Waals surface area contributed by atoms with Crippen LogP contribution < -0.4 is 5.32 Å². The first-order chi connectivity index (χ1) is 11.7. The van der Waals surface area contributed by atoms with E-state index < -0.39 is 0 Å². The third-order valence-corrected chi connectivity index (χ3v) is 4.96. The first-order valence-corrected chi connectivity index (χ1v) is 8.54. The van der Waals surface area contributed by atoms with Gasteiger partial charge in [0.1, 0.15) is 0 Å². The third-order valence-electron chi connectivity index (χ3n) is 4.96. The lowest BCUT2D eigenvalue weighted by Crippen LogP contribution is -2.49. The van der Waals surface area contributed by atoms with Gasteiger partial charge in [-0.3, -0.25) is 4.79 Å². The third kappa shape index (κ3) is 3.67. The minimum Gasteiger partial charge on any atom is -0.384 e. The molecule has 5 heteroatoms. The second-order valence-electron chi connectivity index (χ2n) is 6.59.